The first-order valence-electron chi connectivity index (χ1n) is 7.01. The van der Waals surface area contributed by atoms with Crippen LogP contribution in [0.15, 0.2) is 0 Å². The van der Waals surface area contributed by atoms with Gasteiger partial charge in [0, 0.05) is 12.6 Å². The molecule has 2 amide bonds. The monoisotopic (exact) mass is 272 g/mol. The van der Waals surface area contributed by atoms with Crippen LogP contribution < -0.4 is 5.32 Å². The first-order valence-corrected chi connectivity index (χ1v) is 7.01. The SMILES string of the molecule is CCC(NC(=O)N(CCO)C1CCCCC1)C(=O)O. The summed E-state index contributed by atoms with van der Waals surface area (Å²) in [7, 11) is 0. The summed E-state index contributed by atoms with van der Waals surface area (Å²) in [6, 6.07) is -1.13. The van der Waals surface area contributed by atoms with Gasteiger partial charge in [-0.1, -0.05) is 26.2 Å². The minimum absolute atomic E-state index is 0.103. The maximum absolute atomic E-state index is 12.1. The first-order chi connectivity index (χ1) is 9.10. The van der Waals surface area contributed by atoms with E-state index >= 15 is 0 Å². The van der Waals surface area contributed by atoms with Crippen LogP contribution in [0.1, 0.15) is 45.4 Å². The lowest BCUT2D eigenvalue weighted by Crippen LogP contribution is -2.52. The fourth-order valence-electron chi connectivity index (χ4n) is 2.52. The molecule has 6 nitrogen and oxygen atoms in total. The minimum Gasteiger partial charge on any atom is -0.480 e. The molecule has 19 heavy (non-hydrogen) atoms. The van der Waals surface area contributed by atoms with Gasteiger partial charge in [0.2, 0.25) is 0 Å². The molecule has 3 N–H and O–H groups in total. The molecule has 0 saturated heterocycles. The van der Waals surface area contributed by atoms with Gasteiger partial charge in [0.25, 0.3) is 0 Å². The number of nitrogens with one attached hydrogen (secondary N) is 1. The lowest BCUT2D eigenvalue weighted by atomic mass is 9.94. The second-order valence-electron chi connectivity index (χ2n) is 4.96. The Kier molecular flexibility index (Phi) is 6.62. The topological polar surface area (TPSA) is 89.9 Å². The van der Waals surface area contributed by atoms with Crippen LogP contribution >= 0.6 is 0 Å². The highest BCUT2D eigenvalue weighted by molar-refractivity contribution is 5.82. The lowest BCUT2D eigenvalue weighted by Gasteiger charge is -2.34. The molecule has 0 spiro atoms. The molecule has 6 heteroatoms. The molecule has 0 aromatic heterocycles. The number of aliphatic hydroxyl groups is 1. The summed E-state index contributed by atoms with van der Waals surface area (Å²) in [5, 5.41) is 20.6. The molecule has 0 radical (unpaired) electrons. The third-order valence-corrected chi connectivity index (χ3v) is 3.62. The highest BCUT2D eigenvalue weighted by Crippen LogP contribution is 2.22. The zero-order chi connectivity index (χ0) is 14.3. The van der Waals surface area contributed by atoms with E-state index in [1.54, 1.807) is 11.8 Å². The van der Waals surface area contributed by atoms with Crippen LogP contribution in [-0.4, -0.2) is 52.3 Å². The average molecular weight is 272 g/mol. The third-order valence-electron chi connectivity index (χ3n) is 3.62. The molecule has 0 aromatic rings. The molecule has 1 unspecified atom stereocenters. The van der Waals surface area contributed by atoms with E-state index in [-0.39, 0.29) is 25.2 Å². The molecule has 0 bridgehead atoms. The first kappa shape index (κ1) is 15.8. The van der Waals surface area contributed by atoms with Crippen molar-refractivity contribution in [2.75, 3.05) is 13.2 Å². The van der Waals surface area contributed by atoms with Gasteiger partial charge < -0.3 is 20.4 Å². The smallest absolute Gasteiger partial charge is 0.326 e. The summed E-state index contributed by atoms with van der Waals surface area (Å²) >= 11 is 0. The number of carbonyl (C=O) groups excluding carboxylic acids is 1. The van der Waals surface area contributed by atoms with Crippen LogP contribution in [-0.2, 0) is 4.79 Å². The standard InChI is InChI=1S/C13H24N2O4/c1-2-11(12(17)18)14-13(19)15(8-9-16)10-6-4-3-5-7-10/h10-11,16H,2-9H2,1H3,(H,14,19)(H,17,18). The van der Waals surface area contributed by atoms with Crippen molar-refractivity contribution < 1.29 is 19.8 Å². The Balaban J connectivity index is 2.63. The summed E-state index contributed by atoms with van der Waals surface area (Å²) in [4.78, 5) is 24.7. The number of hydrogen-bond acceptors (Lipinski definition) is 3. The second kappa shape index (κ2) is 7.99. The zero-order valence-electron chi connectivity index (χ0n) is 11.5. The number of urea groups is 1. The van der Waals surface area contributed by atoms with Gasteiger partial charge in [0.05, 0.1) is 6.61 Å². The van der Waals surface area contributed by atoms with E-state index in [1.165, 1.54) is 6.42 Å². The quantitative estimate of drug-likeness (QED) is 0.677. The summed E-state index contributed by atoms with van der Waals surface area (Å²) in [6.45, 7) is 1.87. The molecular weight excluding hydrogens is 248 g/mol. The Morgan fingerprint density at radius 1 is 1.32 bits per heavy atom. The van der Waals surface area contributed by atoms with Crippen molar-refractivity contribution in [3.63, 3.8) is 0 Å². The fourth-order valence-corrected chi connectivity index (χ4v) is 2.52. The van der Waals surface area contributed by atoms with Gasteiger partial charge in [-0.3, -0.25) is 0 Å². The molecule has 1 rings (SSSR count). The molecule has 1 saturated carbocycles. The van der Waals surface area contributed by atoms with Crippen molar-refractivity contribution >= 4 is 12.0 Å². The van der Waals surface area contributed by atoms with E-state index < -0.39 is 12.0 Å². The normalized spacial score (nSPS) is 17.8. The van der Waals surface area contributed by atoms with E-state index in [4.69, 9.17) is 10.2 Å². The van der Waals surface area contributed by atoms with Crippen molar-refractivity contribution in [2.24, 2.45) is 0 Å². The predicted molar refractivity (Wildman–Crippen MR) is 70.9 cm³/mol. The van der Waals surface area contributed by atoms with E-state index in [0.717, 1.165) is 25.7 Å². The van der Waals surface area contributed by atoms with Crippen LogP contribution in [0.3, 0.4) is 0 Å². The maximum atomic E-state index is 12.1. The fraction of sp³-hybridized carbons (Fsp3) is 0.846. The van der Waals surface area contributed by atoms with Crippen LogP contribution in [0.5, 0.6) is 0 Å². The van der Waals surface area contributed by atoms with Gasteiger partial charge in [-0.2, -0.15) is 0 Å². The Hall–Kier alpha value is -1.30. The van der Waals surface area contributed by atoms with E-state index in [0.29, 0.717) is 6.42 Å². The minimum atomic E-state index is -1.02. The van der Waals surface area contributed by atoms with Crippen molar-refractivity contribution in [3.8, 4) is 0 Å². The number of aliphatic hydroxyl groups excluding tert-OH is 1. The highest BCUT2D eigenvalue weighted by Gasteiger charge is 2.27. The van der Waals surface area contributed by atoms with Gasteiger partial charge in [0.15, 0.2) is 0 Å². The predicted octanol–water partition coefficient (Wildman–Crippen LogP) is 1.19. The molecule has 1 atom stereocenters. The Labute approximate surface area is 113 Å². The van der Waals surface area contributed by atoms with E-state index in [9.17, 15) is 9.59 Å². The summed E-state index contributed by atoms with van der Waals surface area (Å²) in [5.41, 5.74) is 0. The number of amides is 2. The van der Waals surface area contributed by atoms with Gasteiger partial charge in [-0.15, -0.1) is 0 Å². The van der Waals surface area contributed by atoms with Gasteiger partial charge in [-0.25, -0.2) is 9.59 Å². The van der Waals surface area contributed by atoms with Crippen molar-refractivity contribution in [1.82, 2.24) is 10.2 Å². The Bertz CT molecular complexity index is 303. The maximum Gasteiger partial charge on any atom is 0.326 e. The highest BCUT2D eigenvalue weighted by atomic mass is 16.4. The summed E-state index contributed by atoms with van der Waals surface area (Å²) in [6.07, 6.45) is 5.54. The number of nitrogens with zero attached hydrogens (tertiary/aromatic N) is 1. The number of carboxylic acids is 1. The Morgan fingerprint density at radius 3 is 2.42 bits per heavy atom. The van der Waals surface area contributed by atoms with Gasteiger partial charge >= 0.3 is 12.0 Å². The molecule has 110 valence electrons. The third kappa shape index (κ3) is 4.70. The van der Waals surface area contributed by atoms with Gasteiger partial charge in [-0.05, 0) is 19.3 Å². The van der Waals surface area contributed by atoms with Crippen LogP contribution in [0.2, 0.25) is 0 Å². The number of carbonyl (C=O) groups is 2. The summed E-state index contributed by atoms with van der Waals surface area (Å²) < 4.78 is 0. The van der Waals surface area contributed by atoms with E-state index in [2.05, 4.69) is 5.32 Å². The largest absolute Gasteiger partial charge is 0.480 e. The molecule has 1 fully saturated rings. The van der Waals surface area contributed by atoms with Crippen molar-refractivity contribution in [1.29, 1.82) is 0 Å². The van der Waals surface area contributed by atoms with Crippen LogP contribution in [0.4, 0.5) is 4.79 Å². The number of carboxylic acid groups (broad SMARTS) is 1. The van der Waals surface area contributed by atoms with Crippen LogP contribution in [0.25, 0.3) is 0 Å². The zero-order valence-corrected chi connectivity index (χ0v) is 11.5. The van der Waals surface area contributed by atoms with E-state index in [1.807, 2.05) is 0 Å². The number of aliphatic carboxylic acids is 1. The Morgan fingerprint density at radius 2 is 1.95 bits per heavy atom. The average Bonchev–Trinajstić information content (AvgIpc) is 2.42. The molecule has 0 aliphatic heterocycles. The van der Waals surface area contributed by atoms with Crippen molar-refractivity contribution in [3.05, 3.63) is 0 Å². The van der Waals surface area contributed by atoms with Crippen LogP contribution in [0, 0.1) is 0 Å². The number of hydrogen-bond donors (Lipinski definition) is 3. The molecule has 0 heterocycles. The molecule has 1 aliphatic rings. The second-order valence-corrected chi connectivity index (χ2v) is 4.96. The van der Waals surface area contributed by atoms with Gasteiger partial charge in [0.1, 0.15) is 6.04 Å². The molecule has 1 aliphatic carbocycles. The molecule has 0 aromatic carbocycles. The lowest BCUT2D eigenvalue weighted by molar-refractivity contribution is -0.139. The number of rotatable bonds is 6. The molecular formula is C13H24N2O4. The summed E-state index contributed by atoms with van der Waals surface area (Å²) in [5.74, 6) is -1.02. The van der Waals surface area contributed by atoms with Crippen molar-refractivity contribution in [2.45, 2.75) is 57.5 Å².